The molecule has 16 heteroatoms. The summed E-state index contributed by atoms with van der Waals surface area (Å²) in [5, 5.41) is 19.4. The Morgan fingerprint density at radius 3 is 1.27 bits per heavy atom. The Hall–Kier alpha value is -3.60. The van der Waals surface area contributed by atoms with E-state index < -0.39 is 0 Å². The van der Waals surface area contributed by atoms with E-state index >= 15 is 0 Å². The van der Waals surface area contributed by atoms with E-state index in [0.29, 0.717) is 62.0 Å². The van der Waals surface area contributed by atoms with Gasteiger partial charge in [-0.15, -0.1) is 12.1 Å². The van der Waals surface area contributed by atoms with Gasteiger partial charge in [0.05, 0.1) is 13.2 Å². The minimum Gasteiger partial charge on any atom is -0.383 e. The molecule has 0 bridgehead atoms. The molecule has 0 fully saturated rings. The van der Waals surface area contributed by atoms with Gasteiger partial charge in [0.2, 0.25) is 35.7 Å². The van der Waals surface area contributed by atoms with E-state index in [2.05, 4.69) is 73.9 Å². The fourth-order valence-corrected chi connectivity index (χ4v) is 4.17. The van der Waals surface area contributed by atoms with Gasteiger partial charge in [0.15, 0.2) is 0 Å². The van der Waals surface area contributed by atoms with Gasteiger partial charge in [0, 0.05) is 38.7 Å². The van der Waals surface area contributed by atoms with Crippen LogP contribution in [-0.2, 0) is 9.47 Å². The summed E-state index contributed by atoms with van der Waals surface area (Å²) in [5.74, 6) is 2.29. The Balaban J connectivity index is 0.00000312. The molecular formula is C32H36N12Na2O2. The predicted octanol–water partition coefficient (Wildman–Crippen LogP) is -0.627. The Morgan fingerprint density at radius 2 is 0.917 bits per heavy atom. The molecule has 0 saturated heterocycles. The number of aryl methyl sites for hydroxylation is 2. The van der Waals surface area contributed by atoms with E-state index in [1.54, 1.807) is 14.2 Å². The molecule has 0 amide bonds. The summed E-state index contributed by atoms with van der Waals surface area (Å²) in [6, 6.07) is 25.3. The second-order valence-corrected chi connectivity index (χ2v) is 9.99. The summed E-state index contributed by atoms with van der Waals surface area (Å²) in [5.41, 5.74) is 5.01. The Kier molecular flexibility index (Phi) is 16.2. The zero-order chi connectivity index (χ0) is 32.1. The van der Waals surface area contributed by atoms with Crippen LogP contribution in [0.25, 0.3) is 0 Å². The average molecular weight is 667 g/mol. The number of hydrogen-bond acceptors (Lipinski definition) is 14. The van der Waals surface area contributed by atoms with E-state index in [1.165, 1.54) is 0 Å². The molecule has 238 valence electrons. The molecule has 5 aromatic rings. The second kappa shape index (κ2) is 20.0. The first kappa shape index (κ1) is 38.8. The average Bonchev–Trinajstić information content (AvgIpc) is 3.04. The quantitative estimate of drug-likeness (QED) is 0.0448. The fraction of sp³-hybridized carbons (Fsp3) is 0.250. The SMILES string of the molecule is COCCNc1nc(Nc2[c-]cccc2)nc(Nc2cc(C)c(Nc3nc(NCCOC)nc(Nc4[c-]cccc4)n3)cc2C)n1.[Na+].[Na+]. The van der Waals surface area contributed by atoms with Gasteiger partial charge in [-0.1, -0.05) is 11.4 Å². The fourth-order valence-electron chi connectivity index (χ4n) is 4.17. The molecule has 2 heterocycles. The van der Waals surface area contributed by atoms with Crippen molar-refractivity contribution in [2.24, 2.45) is 0 Å². The molecule has 0 atom stereocenters. The van der Waals surface area contributed by atoms with E-state index in [4.69, 9.17) is 9.47 Å². The van der Waals surface area contributed by atoms with Gasteiger partial charge < -0.3 is 41.4 Å². The Bertz CT molecular complexity index is 1590. The molecule has 0 unspecified atom stereocenters. The number of hydrogen-bond donors (Lipinski definition) is 6. The second-order valence-electron chi connectivity index (χ2n) is 9.99. The molecule has 0 spiro atoms. The monoisotopic (exact) mass is 666 g/mol. The minimum atomic E-state index is 0. The van der Waals surface area contributed by atoms with Gasteiger partial charge in [0.25, 0.3) is 0 Å². The first-order chi connectivity index (χ1) is 22.5. The minimum absolute atomic E-state index is 0. The van der Waals surface area contributed by atoms with Crippen LogP contribution in [0.4, 0.5) is 58.4 Å². The summed E-state index contributed by atoms with van der Waals surface area (Å²) in [7, 11) is 3.28. The summed E-state index contributed by atoms with van der Waals surface area (Å²) >= 11 is 0. The van der Waals surface area contributed by atoms with Gasteiger partial charge in [-0.05, 0) is 37.1 Å². The number of nitrogens with zero attached hydrogens (tertiary/aromatic N) is 6. The molecule has 48 heavy (non-hydrogen) atoms. The van der Waals surface area contributed by atoms with Gasteiger partial charge in [-0.25, -0.2) is 0 Å². The zero-order valence-electron chi connectivity index (χ0n) is 28.1. The molecule has 5 rings (SSSR count). The number of nitrogens with one attached hydrogen (secondary N) is 6. The third-order valence-corrected chi connectivity index (χ3v) is 6.42. The molecule has 14 nitrogen and oxygen atoms in total. The van der Waals surface area contributed by atoms with Crippen LogP contribution in [0.1, 0.15) is 11.1 Å². The van der Waals surface area contributed by atoms with Crippen LogP contribution >= 0.6 is 0 Å². The van der Waals surface area contributed by atoms with Crippen molar-refractivity contribution < 1.29 is 68.6 Å². The summed E-state index contributed by atoms with van der Waals surface area (Å²) < 4.78 is 10.3. The molecule has 0 aliphatic carbocycles. The smallest absolute Gasteiger partial charge is 0.383 e. The number of rotatable bonds is 16. The molecular weight excluding hydrogens is 630 g/mol. The van der Waals surface area contributed by atoms with Crippen LogP contribution in [0.15, 0.2) is 60.7 Å². The normalized spacial score (nSPS) is 10.2. The van der Waals surface area contributed by atoms with Crippen molar-refractivity contribution in [3.05, 3.63) is 83.9 Å². The molecule has 0 radical (unpaired) electrons. The third-order valence-electron chi connectivity index (χ3n) is 6.42. The molecule has 0 aliphatic rings. The maximum absolute atomic E-state index is 5.16. The van der Waals surface area contributed by atoms with Crippen molar-refractivity contribution in [3.8, 4) is 0 Å². The number of anilines is 10. The Morgan fingerprint density at radius 1 is 0.542 bits per heavy atom. The number of aromatic nitrogens is 6. The topological polar surface area (TPSA) is 168 Å². The van der Waals surface area contributed by atoms with Gasteiger partial charge >= 0.3 is 59.1 Å². The standard InChI is InChI=1S/C32H36N12O2.2Na/c1-21-19-26(38-32-42-28(34-16-18-46-4)40-30(44-32)36-24-13-9-6-10-14-24)22(2)20-25(21)37-31-41-27(33-15-17-45-3)39-29(43-31)35-23-11-7-5-8-12-23;;/h5-11,13,19-20H,15-18H2,1-4H3,(H3,33,35,37,39,41,43)(H3,34,36,38,40,42,44);;/q-2;2*+1. The number of ether oxygens (including phenoxy) is 2. The van der Waals surface area contributed by atoms with Crippen LogP contribution in [-0.4, -0.2) is 70.4 Å². The first-order valence-electron chi connectivity index (χ1n) is 14.6. The first-order valence-corrected chi connectivity index (χ1v) is 14.6. The van der Waals surface area contributed by atoms with Crippen LogP contribution in [0.3, 0.4) is 0 Å². The van der Waals surface area contributed by atoms with E-state index in [9.17, 15) is 0 Å². The molecule has 0 aliphatic heterocycles. The van der Waals surface area contributed by atoms with Crippen molar-refractivity contribution >= 4 is 58.4 Å². The zero-order valence-corrected chi connectivity index (χ0v) is 32.1. The summed E-state index contributed by atoms with van der Waals surface area (Å²) in [6.45, 7) is 6.07. The van der Waals surface area contributed by atoms with Crippen LogP contribution in [0.5, 0.6) is 0 Å². The Labute approximate surface area is 324 Å². The number of methoxy groups -OCH3 is 2. The van der Waals surface area contributed by atoms with E-state index in [0.717, 1.165) is 33.9 Å². The van der Waals surface area contributed by atoms with Crippen molar-refractivity contribution in [2.45, 2.75) is 13.8 Å². The van der Waals surface area contributed by atoms with Crippen molar-refractivity contribution in [2.75, 3.05) is 72.4 Å². The van der Waals surface area contributed by atoms with Gasteiger partial charge in [0.1, 0.15) is 0 Å². The maximum atomic E-state index is 5.16. The van der Waals surface area contributed by atoms with Crippen molar-refractivity contribution in [1.29, 1.82) is 0 Å². The molecule has 0 saturated carbocycles. The van der Waals surface area contributed by atoms with E-state index in [1.807, 2.05) is 74.5 Å². The maximum Gasteiger partial charge on any atom is 1.00 e. The summed E-state index contributed by atoms with van der Waals surface area (Å²) in [4.78, 5) is 27.3. The largest absolute Gasteiger partial charge is 1.00 e. The molecule has 3 aromatic carbocycles. The third kappa shape index (κ3) is 11.8. The van der Waals surface area contributed by atoms with Crippen molar-refractivity contribution in [3.63, 3.8) is 0 Å². The predicted molar refractivity (Wildman–Crippen MR) is 180 cm³/mol. The van der Waals surface area contributed by atoms with Crippen LogP contribution in [0, 0.1) is 26.0 Å². The summed E-state index contributed by atoms with van der Waals surface area (Å²) in [6.07, 6.45) is 0. The van der Waals surface area contributed by atoms with Gasteiger partial charge in [-0.2, -0.15) is 78.4 Å². The van der Waals surface area contributed by atoms with Crippen molar-refractivity contribution in [1.82, 2.24) is 29.9 Å². The van der Waals surface area contributed by atoms with E-state index in [-0.39, 0.29) is 59.1 Å². The molecule has 6 N–H and O–H groups in total. The number of para-hydroxylation sites is 2. The molecule has 2 aromatic heterocycles. The van der Waals surface area contributed by atoms with Gasteiger partial charge in [-0.3, -0.25) is 0 Å². The number of benzene rings is 3. The van der Waals surface area contributed by atoms with Crippen LogP contribution < -0.4 is 91.0 Å². The van der Waals surface area contributed by atoms with Crippen LogP contribution in [0.2, 0.25) is 0 Å².